The molecule has 20 heavy (non-hydrogen) atoms. The van der Waals surface area contributed by atoms with Crippen molar-refractivity contribution in [3.63, 3.8) is 0 Å². The topological polar surface area (TPSA) is 60.5 Å². The summed E-state index contributed by atoms with van der Waals surface area (Å²) in [7, 11) is 0. The molecule has 1 aliphatic rings. The van der Waals surface area contributed by atoms with Gasteiger partial charge in [-0.05, 0) is 37.3 Å². The van der Waals surface area contributed by atoms with Gasteiger partial charge < -0.3 is 14.8 Å². The van der Waals surface area contributed by atoms with Gasteiger partial charge in [-0.25, -0.2) is 0 Å². The molecule has 1 aromatic heterocycles. The van der Waals surface area contributed by atoms with Crippen LogP contribution in [0.2, 0.25) is 0 Å². The number of nitrogens with one attached hydrogen (secondary N) is 1. The molecule has 1 aromatic carbocycles. The number of hydrogen-bond donors (Lipinski definition) is 1. The van der Waals surface area contributed by atoms with Crippen LogP contribution in [-0.4, -0.2) is 24.1 Å². The number of carbonyl (C=O) groups excluding carboxylic acids is 1. The van der Waals surface area contributed by atoms with Crippen molar-refractivity contribution in [3.8, 4) is 11.5 Å². The second kappa shape index (κ2) is 5.21. The number of anilines is 1. The summed E-state index contributed by atoms with van der Waals surface area (Å²) < 4.78 is 10.9. The number of benzene rings is 1. The highest BCUT2D eigenvalue weighted by Crippen LogP contribution is 2.30. The maximum absolute atomic E-state index is 12.2. The second-order valence-corrected chi connectivity index (χ2v) is 4.50. The van der Waals surface area contributed by atoms with Crippen LogP contribution in [0, 0.1) is 6.92 Å². The number of aryl methyl sites for hydroxylation is 1. The van der Waals surface area contributed by atoms with Crippen molar-refractivity contribution in [1.29, 1.82) is 0 Å². The van der Waals surface area contributed by atoms with E-state index in [9.17, 15) is 4.79 Å². The van der Waals surface area contributed by atoms with E-state index in [1.54, 1.807) is 30.5 Å². The summed E-state index contributed by atoms with van der Waals surface area (Å²) in [5, 5.41) is 2.83. The highest BCUT2D eigenvalue weighted by molar-refractivity contribution is 6.04. The predicted octanol–water partition coefficient (Wildman–Crippen LogP) is 2.41. The smallest absolute Gasteiger partial charge is 0.255 e. The number of pyridine rings is 1. The lowest BCUT2D eigenvalue weighted by molar-refractivity contribution is 0.102. The SMILES string of the molecule is Cc1cc(NC(=O)c2ccc3c(c2)OCCO3)ccn1. The van der Waals surface area contributed by atoms with Crippen LogP contribution in [0.15, 0.2) is 36.5 Å². The predicted molar refractivity (Wildman–Crippen MR) is 74.4 cm³/mol. The van der Waals surface area contributed by atoms with Crippen molar-refractivity contribution in [3.05, 3.63) is 47.8 Å². The molecule has 0 fully saturated rings. The van der Waals surface area contributed by atoms with Crippen molar-refractivity contribution in [2.24, 2.45) is 0 Å². The number of ether oxygens (including phenoxy) is 2. The Hall–Kier alpha value is -2.56. The third-order valence-electron chi connectivity index (χ3n) is 2.96. The Morgan fingerprint density at radius 3 is 2.75 bits per heavy atom. The van der Waals surface area contributed by atoms with E-state index < -0.39 is 0 Å². The van der Waals surface area contributed by atoms with E-state index in [-0.39, 0.29) is 5.91 Å². The summed E-state index contributed by atoms with van der Waals surface area (Å²) in [6, 6.07) is 8.73. The van der Waals surface area contributed by atoms with E-state index >= 15 is 0 Å². The summed E-state index contributed by atoms with van der Waals surface area (Å²) in [5.74, 6) is 1.09. The lowest BCUT2D eigenvalue weighted by Gasteiger charge is -2.18. The molecule has 0 spiro atoms. The normalized spacial score (nSPS) is 12.8. The quantitative estimate of drug-likeness (QED) is 0.910. The molecular formula is C15H14N2O3. The van der Waals surface area contributed by atoms with Gasteiger partial charge in [0.2, 0.25) is 0 Å². The number of rotatable bonds is 2. The molecular weight excluding hydrogens is 256 g/mol. The Morgan fingerprint density at radius 2 is 1.95 bits per heavy atom. The molecule has 102 valence electrons. The number of nitrogens with zero attached hydrogens (tertiary/aromatic N) is 1. The molecule has 0 bridgehead atoms. The Morgan fingerprint density at radius 1 is 1.15 bits per heavy atom. The van der Waals surface area contributed by atoms with E-state index in [0.717, 1.165) is 11.4 Å². The Labute approximate surface area is 116 Å². The first-order valence-electron chi connectivity index (χ1n) is 6.36. The average Bonchev–Trinajstić information content (AvgIpc) is 2.47. The molecule has 1 N–H and O–H groups in total. The first kappa shape index (κ1) is 12.5. The maximum Gasteiger partial charge on any atom is 0.255 e. The van der Waals surface area contributed by atoms with Crippen molar-refractivity contribution in [1.82, 2.24) is 4.98 Å². The largest absolute Gasteiger partial charge is 0.486 e. The van der Waals surface area contributed by atoms with Crippen molar-refractivity contribution < 1.29 is 14.3 Å². The van der Waals surface area contributed by atoms with Crippen LogP contribution in [0.4, 0.5) is 5.69 Å². The van der Waals surface area contributed by atoms with Gasteiger partial charge in [-0.3, -0.25) is 9.78 Å². The summed E-state index contributed by atoms with van der Waals surface area (Å²) >= 11 is 0. The van der Waals surface area contributed by atoms with E-state index in [1.807, 2.05) is 13.0 Å². The fourth-order valence-corrected chi connectivity index (χ4v) is 2.01. The van der Waals surface area contributed by atoms with Gasteiger partial charge in [0.25, 0.3) is 5.91 Å². The first-order valence-corrected chi connectivity index (χ1v) is 6.36. The van der Waals surface area contributed by atoms with Crippen LogP contribution in [-0.2, 0) is 0 Å². The zero-order valence-electron chi connectivity index (χ0n) is 11.1. The molecule has 0 saturated heterocycles. The molecule has 0 atom stereocenters. The van der Waals surface area contributed by atoms with Crippen molar-refractivity contribution in [2.75, 3.05) is 18.5 Å². The zero-order valence-corrected chi connectivity index (χ0v) is 11.1. The fourth-order valence-electron chi connectivity index (χ4n) is 2.01. The molecule has 1 amide bonds. The van der Waals surface area contributed by atoms with Crippen LogP contribution in [0.5, 0.6) is 11.5 Å². The van der Waals surface area contributed by atoms with Crippen LogP contribution in [0.3, 0.4) is 0 Å². The minimum atomic E-state index is -0.187. The fraction of sp³-hybridized carbons (Fsp3) is 0.200. The highest BCUT2D eigenvalue weighted by Gasteiger charge is 2.15. The van der Waals surface area contributed by atoms with Gasteiger partial charge >= 0.3 is 0 Å². The van der Waals surface area contributed by atoms with E-state index in [2.05, 4.69) is 10.3 Å². The molecule has 3 rings (SSSR count). The number of hydrogen-bond acceptors (Lipinski definition) is 4. The summed E-state index contributed by atoms with van der Waals surface area (Å²) in [5.41, 5.74) is 2.10. The molecule has 2 heterocycles. The molecule has 0 unspecified atom stereocenters. The maximum atomic E-state index is 12.2. The van der Waals surface area contributed by atoms with Gasteiger partial charge in [0.15, 0.2) is 11.5 Å². The van der Waals surface area contributed by atoms with Crippen molar-refractivity contribution >= 4 is 11.6 Å². The van der Waals surface area contributed by atoms with Crippen molar-refractivity contribution in [2.45, 2.75) is 6.92 Å². The molecule has 0 saturated carbocycles. The monoisotopic (exact) mass is 270 g/mol. The van der Waals surface area contributed by atoms with Crippen LogP contribution in [0.1, 0.15) is 16.1 Å². The molecule has 0 radical (unpaired) electrons. The number of aromatic nitrogens is 1. The van der Waals surface area contributed by atoms with Gasteiger partial charge in [-0.15, -0.1) is 0 Å². The second-order valence-electron chi connectivity index (χ2n) is 4.50. The minimum absolute atomic E-state index is 0.187. The molecule has 5 heteroatoms. The van der Waals surface area contributed by atoms with Gasteiger partial charge in [0, 0.05) is 23.1 Å². The highest BCUT2D eigenvalue weighted by atomic mass is 16.6. The summed E-state index contributed by atoms with van der Waals surface area (Å²) in [6.07, 6.45) is 1.66. The van der Waals surface area contributed by atoms with Crippen LogP contribution in [0.25, 0.3) is 0 Å². The molecule has 0 aliphatic carbocycles. The van der Waals surface area contributed by atoms with Gasteiger partial charge in [-0.1, -0.05) is 0 Å². The Balaban J connectivity index is 1.80. The van der Waals surface area contributed by atoms with E-state index in [0.29, 0.717) is 30.3 Å². The lowest BCUT2D eigenvalue weighted by atomic mass is 10.1. The Bertz CT molecular complexity index is 655. The molecule has 2 aromatic rings. The Kier molecular flexibility index (Phi) is 3.25. The number of amides is 1. The van der Waals surface area contributed by atoms with E-state index in [4.69, 9.17) is 9.47 Å². The van der Waals surface area contributed by atoms with Gasteiger partial charge in [0.1, 0.15) is 13.2 Å². The average molecular weight is 270 g/mol. The zero-order chi connectivity index (χ0) is 13.9. The molecule has 5 nitrogen and oxygen atoms in total. The molecule has 1 aliphatic heterocycles. The summed E-state index contributed by atoms with van der Waals surface area (Å²) in [6.45, 7) is 2.91. The third-order valence-corrected chi connectivity index (χ3v) is 2.96. The van der Waals surface area contributed by atoms with Gasteiger partial charge in [-0.2, -0.15) is 0 Å². The van der Waals surface area contributed by atoms with Crippen LogP contribution >= 0.6 is 0 Å². The summed E-state index contributed by atoms with van der Waals surface area (Å²) in [4.78, 5) is 16.3. The third kappa shape index (κ3) is 2.56. The minimum Gasteiger partial charge on any atom is -0.486 e. The number of fused-ring (bicyclic) bond motifs is 1. The lowest BCUT2D eigenvalue weighted by Crippen LogP contribution is -2.17. The van der Waals surface area contributed by atoms with Gasteiger partial charge in [0.05, 0.1) is 0 Å². The van der Waals surface area contributed by atoms with E-state index in [1.165, 1.54) is 0 Å². The van der Waals surface area contributed by atoms with Crippen LogP contribution < -0.4 is 14.8 Å². The number of carbonyl (C=O) groups is 1. The first-order chi connectivity index (χ1) is 9.72. The standard InChI is InChI=1S/C15H14N2O3/c1-10-8-12(4-5-16-10)17-15(18)11-2-3-13-14(9-11)20-7-6-19-13/h2-5,8-9H,6-7H2,1H3,(H,16,17,18).